The molecule has 6 N–H and O–H groups in total. The Balaban J connectivity index is 2.09. The Bertz CT molecular complexity index is 1150. The third kappa shape index (κ3) is 40.1. The number of amides is 1. The smallest absolute Gasteiger partial charge is 0.220 e. The predicted molar refractivity (Wildman–Crippen MR) is 295 cm³/mol. The number of nitrogens with one attached hydrogen (secondary N) is 1. The summed E-state index contributed by atoms with van der Waals surface area (Å²) in [5.74, 6) is -0.155. The zero-order valence-corrected chi connectivity index (χ0v) is 46.0. The Morgan fingerprint density at radius 3 is 1.27 bits per heavy atom. The zero-order chi connectivity index (χ0) is 50.8. The molecular formula is C61H117NO8. The second-order valence-electron chi connectivity index (χ2n) is 21.5. The van der Waals surface area contributed by atoms with Crippen molar-refractivity contribution in [3.05, 3.63) is 24.3 Å². The molecular weight excluding hydrogens is 875 g/mol. The minimum atomic E-state index is -1.56. The van der Waals surface area contributed by atoms with Gasteiger partial charge in [-0.3, -0.25) is 4.79 Å². The van der Waals surface area contributed by atoms with E-state index in [0.29, 0.717) is 12.8 Å². The maximum Gasteiger partial charge on any atom is 0.220 e. The average Bonchev–Trinajstić information content (AvgIpc) is 3.36. The van der Waals surface area contributed by atoms with Crippen molar-refractivity contribution in [1.29, 1.82) is 0 Å². The second kappa shape index (κ2) is 51.2. The van der Waals surface area contributed by atoms with Crippen molar-refractivity contribution in [1.82, 2.24) is 5.32 Å². The Kier molecular flexibility index (Phi) is 48.7. The maximum atomic E-state index is 13.0. The van der Waals surface area contributed by atoms with Crippen molar-refractivity contribution in [2.75, 3.05) is 13.2 Å². The molecule has 414 valence electrons. The first-order chi connectivity index (χ1) is 34.3. The van der Waals surface area contributed by atoms with E-state index >= 15 is 0 Å². The molecule has 1 amide bonds. The Labute approximate surface area is 432 Å². The van der Waals surface area contributed by atoms with E-state index in [-0.39, 0.29) is 12.5 Å². The molecule has 1 rings (SSSR count). The molecule has 0 spiro atoms. The van der Waals surface area contributed by atoms with Gasteiger partial charge in [0.25, 0.3) is 0 Å². The third-order valence-corrected chi connectivity index (χ3v) is 14.8. The molecule has 0 aliphatic carbocycles. The number of carbonyl (C=O) groups is 1. The van der Waals surface area contributed by atoms with Gasteiger partial charge >= 0.3 is 0 Å². The molecule has 0 aromatic heterocycles. The lowest BCUT2D eigenvalue weighted by atomic mass is 9.99. The molecule has 9 nitrogen and oxygen atoms in total. The van der Waals surface area contributed by atoms with E-state index in [4.69, 9.17) is 9.47 Å². The molecule has 0 saturated carbocycles. The van der Waals surface area contributed by atoms with E-state index in [9.17, 15) is 30.3 Å². The minimum Gasteiger partial charge on any atom is -0.394 e. The van der Waals surface area contributed by atoms with Gasteiger partial charge in [0.05, 0.1) is 25.4 Å². The fourth-order valence-electron chi connectivity index (χ4n) is 9.95. The summed E-state index contributed by atoms with van der Waals surface area (Å²) in [5.41, 5.74) is 0. The van der Waals surface area contributed by atoms with Crippen LogP contribution in [0.3, 0.4) is 0 Å². The molecule has 1 aliphatic rings. The molecule has 9 heteroatoms. The first kappa shape index (κ1) is 66.7. The Morgan fingerprint density at radius 1 is 0.486 bits per heavy atom. The topological polar surface area (TPSA) is 149 Å². The van der Waals surface area contributed by atoms with Crippen LogP contribution < -0.4 is 5.32 Å². The van der Waals surface area contributed by atoms with E-state index in [1.165, 1.54) is 212 Å². The molecule has 1 fully saturated rings. The van der Waals surface area contributed by atoms with E-state index in [1.807, 2.05) is 0 Å². The van der Waals surface area contributed by atoms with Crippen molar-refractivity contribution in [3.8, 4) is 0 Å². The van der Waals surface area contributed by atoms with Crippen LogP contribution in [0.5, 0.6) is 0 Å². The summed E-state index contributed by atoms with van der Waals surface area (Å²) >= 11 is 0. The van der Waals surface area contributed by atoms with Crippen LogP contribution in [0.1, 0.15) is 303 Å². The van der Waals surface area contributed by atoms with Crippen LogP contribution in [0.15, 0.2) is 24.3 Å². The van der Waals surface area contributed by atoms with Gasteiger partial charge in [0.1, 0.15) is 24.4 Å². The van der Waals surface area contributed by atoms with Crippen LogP contribution in [0.2, 0.25) is 0 Å². The monoisotopic (exact) mass is 992 g/mol. The first-order valence-corrected chi connectivity index (χ1v) is 30.5. The van der Waals surface area contributed by atoms with Crippen LogP contribution in [0.25, 0.3) is 0 Å². The molecule has 7 atom stereocenters. The number of carbonyl (C=O) groups excluding carboxylic acids is 1. The van der Waals surface area contributed by atoms with Gasteiger partial charge in [0, 0.05) is 6.42 Å². The second-order valence-corrected chi connectivity index (χ2v) is 21.5. The molecule has 0 aromatic carbocycles. The molecule has 0 radical (unpaired) electrons. The molecule has 7 unspecified atom stereocenters. The van der Waals surface area contributed by atoms with Gasteiger partial charge in [-0.25, -0.2) is 0 Å². The standard InChI is InChI=1S/C61H117NO8/c1-3-5-7-9-11-13-15-17-19-20-21-22-23-24-25-26-27-28-29-30-31-32-33-34-35-36-37-38-40-42-44-46-48-50-55(64)54(53-69-61-60(68)59(67)58(66)56(52-63)70-61)62-57(65)51-49-47-45-43-41-39-18-16-14-12-10-8-6-4-2/h10,12,16,18,54-56,58-61,63-64,66-68H,3-9,11,13-15,17,19-53H2,1-2H3,(H,62,65)/b12-10-,18-16-. The van der Waals surface area contributed by atoms with Gasteiger partial charge < -0.3 is 40.3 Å². The first-order valence-electron chi connectivity index (χ1n) is 30.5. The number of rotatable bonds is 53. The van der Waals surface area contributed by atoms with Crippen LogP contribution in [0.4, 0.5) is 0 Å². The van der Waals surface area contributed by atoms with E-state index in [2.05, 4.69) is 43.5 Å². The lowest BCUT2D eigenvalue weighted by Gasteiger charge is -2.40. The summed E-state index contributed by atoms with van der Waals surface area (Å²) in [7, 11) is 0. The Hall–Kier alpha value is -1.33. The highest BCUT2D eigenvalue weighted by molar-refractivity contribution is 5.76. The lowest BCUT2D eigenvalue weighted by molar-refractivity contribution is -0.302. The highest BCUT2D eigenvalue weighted by Crippen LogP contribution is 2.23. The van der Waals surface area contributed by atoms with E-state index in [0.717, 1.165) is 64.2 Å². The van der Waals surface area contributed by atoms with Crippen LogP contribution >= 0.6 is 0 Å². The maximum absolute atomic E-state index is 13.0. The van der Waals surface area contributed by atoms with E-state index in [1.54, 1.807) is 0 Å². The normalized spacial score (nSPS) is 19.4. The van der Waals surface area contributed by atoms with Gasteiger partial charge in [-0.1, -0.05) is 282 Å². The number of hydrogen-bond acceptors (Lipinski definition) is 8. The quantitative estimate of drug-likeness (QED) is 0.0261. The van der Waals surface area contributed by atoms with Crippen LogP contribution in [0, 0.1) is 0 Å². The molecule has 0 bridgehead atoms. The summed E-state index contributed by atoms with van der Waals surface area (Å²) in [5, 5.41) is 54.6. The highest BCUT2D eigenvalue weighted by Gasteiger charge is 2.44. The molecule has 1 aliphatic heterocycles. The van der Waals surface area contributed by atoms with Gasteiger partial charge in [-0.15, -0.1) is 0 Å². The number of ether oxygens (including phenoxy) is 2. The summed E-state index contributed by atoms with van der Waals surface area (Å²) in [4.78, 5) is 13.0. The molecule has 1 saturated heterocycles. The predicted octanol–water partition coefficient (Wildman–Crippen LogP) is 15.4. The number of aliphatic hydroxyl groups is 5. The average molecular weight is 993 g/mol. The lowest BCUT2D eigenvalue weighted by Crippen LogP contribution is -2.60. The third-order valence-electron chi connectivity index (χ3n) is 14.8. The number of unbranched alkanes of at least 4 members (excludes halogenated alkanes) is 39. The van der Waals surface area contributed by atoms with Crippen molar-refractivity contribution < 1.29 is 39.8 Å². The number of allylic oxidation sites excluding steroid dienone is 4. The fraction of sp³-hybridized carbons (Fsp3) is 0.918. The van der Waals surface area contributed by atoms with Gasteiger partial charge in [0.15, 0.2) is 6.29 Å². The van der Waals surface area contributed by atoms with E-state index < -0.39 is 49.5 Å². The van der Waals surface area contributed by atoms with Crippen molar-refractivity contribution in [3.63, 3.8) is 0 Å². The largest absolute Gasteiger partial charge is 0.394 e. The SMILES string of the molecule is CCCC/C=C\C/C=C\CCCCCCCC(=O)NC(COC1OC(CO)C(O)C(O)C1O)C(O)CCCCCCCCCCCCCCCCCCCCCCCCCCCCCCCCCCC. The van der Waals surface area contributed by atoms with Crippen molar-refractivity contribution >= 4 is 5.91 Å². The summed E-state index contributed by atoms with van der Waals surface area (Å²) in [6.45, 7) is 3.82. The summed E-state index contributed by atoms with van der Waals surface area (Å²) in [6, 6.07) is -0.725. The zero-order valence-electron chi connectivity index (χ0n) is 46.0. The van der Waals surface area contributed by atoms with Gasteiger partial charge in [-0.05, 0) is 38.5 Å². The molecule has 1 heterocycles. The molecule has 0 aromatic rings. The van der Waals surface area contributed by atoms with Crippen molar-refractivity contribution in [2.45, 2.75) is 346 Å². The number of hydrogen-bond donors (Lipinski definition) is 6. The highest BCUT2D eigenvalue weighted by atomic mass is 16.7. The minimum absolute atomic E-state index is 0.142. The number of aliphatic hydroxyl groups excluding tert-OH is 5. The van der Waals surface area contributed by atoms with Gasteiger partial charge in [-0.2, -0.15) is 0 Å². The summed E-state index contributed by atoms with van der Waals surface area (Å²) in [6.07, 6.45) is 58.1. The molecule has 70 heavy (non-hydrogen) atoms. The van der Waals surface area contributed by atoms with Crippen LogP contribution in [-0.4, -0.2) is 87.5 Å². The fourth-order valence-corrected chi connectivity index (χ4v) is 9.95. The van der Waals surface area contributed by atoms with Crippen LogP contribution in [-0.2, 0) is 14.3 Å². The van der Waals surface area contributed by atoms with Crippen molar-refractivity contribution in [2.24, 2.45) is 0 Å². The Morgan fingerprint density at radius 2 is 0.857 bits per heavy atom. The summed E-state index contributed by atoms with van der Waals surface area (Å²) < 4.78 is 11.3. The van der Waals surface area contributed by atoms with Gasteiger partial charge in [0.2, 0.25) is 5.91 Å².